The predicted octanol–water partition coefficient (Wildman–Crippen LogP) is 3.61. The van der Waals surface area contributed by atoms with Crippen LogP contribution in [0.3, 0.4) is 0 Å². The van der Waals surface area contributed by atoms with Crippen LogP contribution in [0.4, 0.5) is 5.69 Å². The van der Waals surface area contributed by atoms with Gasteiger partial charge in [0.2, 0.25) is 5.91 Å². The summed E-state index contributed by atoms with van der Waals surface area (Å²) in [5, 5.41) is 21.4. The van der Waals surface area contributed by atoms with Crippen LogP contribution >= 0.6 is 15.9 Å². The van der Waals surface area contributed by atoms with Crippen LogP contribution in [0.5, 0.6) is 0 Å². The third-order valence-corrected chi connectivity index (χ3v) is 4.52. The number of carbonyl (C=O) groups is 1. The number of amides is 1. The Balaban J connectivity index is 2.18. The van der Waals surface area contributed by atoms with Crippen molar-refractivity contribution in [3.63, 3.8) is 0 Å². The summed E-state index contributed by atoms with van der Waals surface area (Å²) in [6.07, 6.45) is -0.935. The number of carbonyl (C=O) groups excluding carboxylic acids is 1. The van der Waals surface area contributed by atoms with E-state index >= 15 is 0 Å². The molecule has 0 saturated heterocycles. The van der Waals surface area contributed by atoms with Gasteiger partial charge in [0.15, 0.2) is 0 Å². The molecule has 2 aromatic carbocycles. The van der Waals surface area contributed by atoms with Gasteiger partial charge in [-0.25, -0.2) is 0 Å². The van der Waals surface area contributed by atoms with E-state index in [1.165, 1.54) is 24.3 Å². The minimum atomic E-state index is -0.935. The first-order valence-corrected chi connectivity index (χ1v) is 8.89. The summed E-state index contributed by atoms with van der Waals surface area (Å²) >= 11 is 3.18. The molecule has 0 aliphatic carbocycles. The molecule has 0 saturated carbocycles. The molecule has 132 valence electrons. The highest BCUT2D eigenvalue weighted by molar-refractivity contribution is 9.09. The lowest BCUT2D eigenvalue weighted by molar-refractivity contribution is -0.384. The molecule has 2 aromatic rings. The molecular formula is C18H19BrN2O4. The molecule has 0 heterocycles. The number of nitrogens with zero attached hydrogens (tertiary/aromatic N) is 2. The third kappa shape index (κ3) is 4.87. The van der Waals surface area contributed by atoms with Crippen LogP contribution in [0, 0.1) is 10.1 Å². The van der Waals surface area contributed by atoms with Crippen LogP contribution in [-0.4, -0.2) is 32.7 Å². The number of halogens is 1. The van der Waals surface area contributed by atoms with Crippen molar-refractivity contribution < 1.29 is 14.8 Å². The minimum Gasteiger partial charge on any atom is -0.387 e. The number of hydrogen-bond acceptors (Lipinski definition) is 4. The van der Waals surface area contributed by atoms with Gasteiger partial charge in [-0.2, -0.15) is 0 Å². The van der Waals surface area contributed by atoms with E-state index in [9.17, 15) is 20.0 Å². The Morgan fingerprint density at radius 2 is 1.76 bits per heavy atom. The third-order valence-electron chi connectivity index (χ3n) is 4.04. The van der Waals surface area contributed by atoms with Gasteiger partial charge in [0.05, 0.1) is 28.9 Å². The molecule has 0 unspecified atom stereocenters. The molecule has 0 aromatic heterocycles. The summed E-state index contributed by atoms with van der Waals surface area (Å²) in [6.45, 7) is 2.00. The van der Waals surface area contributed by atoms with Crippen molar-refractivity contribution in [2.24, 2.45) is 0 Å². The van der Waals surface area contributed by atoms with Crippen LogP contribution in [-0.2, 0) is 4.79 Å². The standard InChI is InChI=1S/C18H19BrN2O4/c1-13(14-5-3-2-4-6-14)20(18(23)11-19)12-17(22)15-7-9-16(10-8-15)21(24)25/h2-10,13,17,22H,11-12H2,1H3/t13-,17-/m1/s1. The molecule has 25 heavy (non-hydrogen) atoms. The molecule has 0 bridgehead atoms. The van der Waals surface area contributed by atoms with E-state index in [4.69, 9.17) is 0 Å². The molecule has 0 aliphatic rings. The number of hydrogen-bond donors (Lipinski definition) is 1. The zero-order valence-electron chi connectivity index (χ0n) is 13.7. The largest absolute Gasteiger partial charge is 0.387 e. The van der Waals surface area contributed by atoms with E-state index in [1.807, 2.05) is 37.3 Å². The summed E-state index contributed by atoms with van der Waals surface area (Å²) in [5.74, 6) is -0.141. The Bertz CT molecular complexity index is 722. The highest BCUT2D eigenvalue weighted by Gasteiger charge is 2.24. The zero-order valence-corrected chi connectivity index (χ0v) is 15.3. The number of nitro benzene ring substituents is 1. The molecule has 7 heteroatoms. The molecule has 0 spiro atoms. The lowest BCUT2D eigenvalue weighted by Crippen LogP contribution is -2.37. The van der Waals surface area contributed by atoms with E-state index in [2.05, 4.69) is 15.9 Å². The quantitative estimate of drug-likeness (QED) is 0.432. The van der Waals surface area contributed by atoms with Crippen molar-refractivity contribution in [1.82, 2.24) is 4.90 Å². The number of nitro groups is 1. The average Bonchev–Trinajstić information content (AvgIpc) is 2.65. The smallest absolute Gasteiger partial charge is 0.269 e. The van der Waals surface area contributed by atoms with Crippen molar-refractivity contribution in [1.29, 1.82) is 0 Å². The topological polar surface area (TPSA) is 83.7 Å². The average molecular weight is 407 g/mol. The fourth-order valence-corrected chi connectivity index (χ4v) is 2.90. The molecule has 1 amide bonds. The minimum absolute atomic E-state index is 0.0398. The van der Waals surface area contributed by atoms with Crippen LogP contribution in [0.2, 0.25) is 0 Å². The normalized spacial score (nSPS) is 13.1. The predicted molar refractivity (Wildman–Crippen MR) is 98.4 cm³/mol. The molecule has 2 rings (SSSR count). The van der Waals surface area contributed by atoms with Crippen LogP contribution in [0.15, 0.2) is 54.6 Å². The molecule has 6 nitrogen and oxygen atoms in total. The van der Waals surface area contributed by atoms with Crippen molar-refractivity contribution in [3.8, 4) is 0 Å². The number of non-ortho nitro benzene ring substituents is 1. The van der Waals surface area contributed by atoms with Crippen molar-refractivity contribution in [2.75, 3.05) is 11.9 Å². The number of benzene rings is 2. The summed E-state index contributed by atoms with van der Waals surface area (Å²) in [6, 6.07) is 15.0. The van der Waals surface area contributed by atoms with E-state index < -0.39 is 11.0 Å². The highest BCUT2D eigenvalue weighted by atomic mass is 79.9. The van der Waals surface area contributed by atoms with Gasteiger partial charge in [-0.05, 0) is 30.2 Å². The van der Waals surface area contributed by atoms with Gasteiger partial charge in [-0.1, -0.05) is 46.3 Å². The molecule has 0 fully saturated rings. The SMILES string of the molecule is C[C@H](c1ccccc1)N(C[C@@H](O)c1ccc([N+](=O)[O-])cc1)C(=O)CBr. The van der Waals surface area contributed by atoms with Gasteiger partial charge in [0.1, 0.15) is 0 Å². The molecule has 2 atom stereocenters. The summed E-state index contributed by atoms with van der Waals surface area (Å²) < 4.78 is 0. The monoisotopic (exact) mass is 406 g/mol. The Labute approximate surface area is 154 Å². The Kier molecular flexibility index (Phi) is 6.66. The fraction of sp³-hybridized carbons (Fsp3) is 0.278. The first-order chi connectivity index (χ1) is 11.9. The van der Waals surface area contributed by atoms with E-state index in [0.717, 1.165) is 5.56 Å². The molecule has 1 N–H and O–H groups in total. The zero-order chi connectivity index (χ0) is 18.4. The summed E-state index contributed by atoms with van der Waals surface area (Å²) in [4.78, 5) is 24.1. The second kappa shape index (κ2) is 8.73. The van der Waals surface area contributed by atoms with Gasteiger partial charge in [0, 0.05) is 12.1 Å². The number of alkyl halides is 1. The fourth-order valence-electron chi connectivity index (χ4n) is 2.57. The van der Waals surface area contributed by atoms with Crippen molar-refractivity contribution in [2.45, 2.75) is 19.1 Å². The first-order valence-electron chi connectivity index (χ1n) is 7.76. The maximum Gasteiger partial charge on any atom is 0.269 e. The second-order valence-corrected chi connectivity index (χ2v) is 6.19. The molecule has 0 radical (unpaired) electrons. The number of rotatable bonds is 7. The van der Waals surface area contributed by atoms with E-state index in [0.29, 0.717) is 5.56 Å². The number of aliphatic hydroxyl groups is 1. The van der Waals surface area contributed by atoms with Gasteiger partial charge >= 0.3 is 0 Å². The highest BCUT2D eigenvalue weighted by Crippen LogP contribution is 2.25. The Morgan fingerprint density at radius 3 is 2.28 bits per heavy atom. The van der Waals surface area contributed by atoms with E-state index in [-0.39, 0.29) is 29.5 Å². The van der Waals surface area contributed by atoms with Crippen LogP contribution < -0.4 is 0 Å². The maximum atomic E-state index is 12.3. The van der Waals surface area contributed by atoms with Crippen molar-refractivity contribution in [3.05, 3.63) is 75.8 Å². The first kappa shape index (κ1) is 19.1. The maximum absolute atomic E-state index is 12.3. The lowest BCUT2D eigenvalue weighted by Gasteiger charge is -2.31. The van der Waals surface area contributed by atoms with Gasteiger partial charge in [-0.3, -0.25) is 14.9 Å². The second-order valence-electron chi connectivity index (χ2n) is 5.63. The molecule has 0 aliphatic heterocycles. The summed E-state index contributed by atoms with van der Waals surface area (Å²) in [7, 11) is 0. The summed E-state index contributed by atoms with van der Waals surface area (Å²) in [5.41, 5.74) is 1.45. The van der Waals surface area contributed by atoms with Crippen molar-refractivity contribution >= 4 is 27.5 Å². The van der Waals surface area contributed by atoms with Crippen LogP contribution in [0.25, 0.3) is 0 Å². The Morgan fingerprint density at radius 1 is 1.16 bits per heavy atom. The van der Waals surface area contributed by atoms with E-state index in [1.54, 1.807) is 4.90 Å². The van der Waals surface area contributed by atoms with Gasteiger partial charge in [0.25, 0.3) is 5.69 Å². The van der Waals surface area contributed by atoms with Gasteiger partial charge in [-0.15, -0.1) is 0 Å². The number of aliphatic hydroxyl groups excluding tert-OH is 1. The van der Waals surface area contributed by atoms with Crippen LogP contribution in [0.1, 0.15) is 30.2 Å². The van der Waals surface area contributed by atoms with Gasteiger partial charge < -0.3 is 10.0 Å². The Hall–Kier alpha value is -2.25. The lowest BCUT2D eigenvalue weighted by atomic mass is 10.0. The molecular weight excluding hydrogens is 388 g/mol.